The van der Waals surface area contributed by atoms with Crippen molar-refractivity contribution >= 4 is 68.2 Å². The van der Waals surface area contributed by atoms with Crippen molar-refractivity contribution in [3.05, 3.63) is 425 Å². The summed E-state index contributed by atoms with van der Waals surface area (Å²) in [5.74, 6) is 0. The van der Waals surface area contributed by atoms with Crippen molar-refractivity contribution in [2.45, 2.75) is 0 Å². The lowest BCUT2D eigenvalue weighted by atomic mass is 9.98. The van der Waals surface area contributed by atoms with Crippen molar-refractivity contribution in [2.75, 3.05) is 19.6 Å². The van der Waals surface area contributed by atoms with Crippen LogP contribution >= 0.6 is 0 Å². The fourth-order valence-corrected chi connectivity index (χ4v) is 13.5. The lowest BCUT2D eigenvalue weighted by molar-refractivity contribution is 1.24. The van der Waals surface area contributed by atoms with Crippen LogP contribution in [-0.4, -0.2) is 0 Å². The molecule has 16 rings (SSSR count). The fraction of sp³-hybridized carbons (Fsp3) is 0. The molecule has 16 aromatic carbocycles. The van der Waals surface area contributed by atoms with Crippen molar-refractivity contribution in [3.63, 3.8) is 0 Å². The molecule has 0 aromatic heterocycles. The smallest absolute Gasteiger partial charge is 0.0463 e. The molecule has 0 radical (unpaired) electrons. The topological polar surface area (TPSA) is 13.0 Å². The van der Waals surface area contributed by atoms with Crippen LogP contribution in [0.5, 0.6) is 0 Å². The third-order valence-electron chi connectivity index (χ3n) is 18.7. The minimum atomic E-state index is 1.02. The molecule has 0 aliphatic rings. The minimum absolute atomic E-state index is 1.02. The number of rotatable bonds is 19. The third-order valence-corrected chi connectivity index (χ3v) is 18.7. The summed E-state index contributed by atoms with van der Waals surface area (Å²) in [4.78, 5) is 9.40. The summed E-state index contributed by atoms with van der Waals surface area (Å²) in [6, 6.07) is 153. The Bertz CT molecular complexity index is 5110. The molecular formula is C96H70N4. The summed E-state index contributed by atoms with van der Waals surface area (Å²) >= 11 is 0. The lowest BCUT2D eigenvalue weighted by Gasteiger charge is -2.30. The summed E-state index contributed by atoms with van der Waals surface area (Å²) < 4.78 is 0. The first-order chi connectivity index (χ1) is 49.6. The summed E-state index contributed by atoms with van der Waals surface area (Å²) in [5, 5.41) is 0. The molecule has 0 heterocycles. The first kappa shape index (κ1) is 61.6. The molecule has 0 aliphatic carbocycles. The quantitative estimate of drug-likeness (QED) is 0.0800. The van der Waals surface area contributed by atoms with Crippen LogP contribution in [0.15, 0.2) is 425 Å². The Balaban J connectivity index is 0.744. The molecule has 0 saturated heterocycles. The number of hydrogen-bond acceptors (Lipinski definition) is 4. The molecule has 0 atom stereocenters. The largest absolute Gasteiger partial charge is 0.311 e. The van der Waals surface area contributed by atoms with Gasteiger partial charge in [0.2, 0.25) is 0 Å². The van der Waals surface area contributed by atoms with E-state index in [1.807, 2.05) is 0 Å². The molecule has 0 N–H and O–H groups in total. The zero-order valence-corrected chi connectivity index (χ0v) is 55.2. The fourth-order valence-electron chi connectivity index (χ4n) is 13.5. The molecule has 100 heavy (non-hydrogen) atoms. The van der Waals surface area contributed by atoms with Gasteiger partial charge in [0.1, 0.15) is 0 Å². The van der Waals surface area contributed by atoms with Crippen LogP contribution in [0.25, 0.3) is 77.9 Å². The highest BCUT2D eigenvalue weighted by Crippen LogP contribution is 2.45. The maximum Gasteiger partial charge on any atom is 0.0463 e. The van der Waals surface area contributed by atoms with E-state index < -0.39 is 0 Å². The Morgan fingerprint density at radius 1 is 0.0800 bits per heavy atom. The molecule has 4 nitrogen and oxygen atoms in total. The highest BCUT2D eigenvalue weighted by Gasteiger charge is 2.21. The van der Waals surface area contributed by atoms with Gasteiger partial charge in [-0.05, 0) is 223 Å². The number of benzene rings is 16. The Hall–Kier alpha value is -13.3. The Morgan fingerprint density at radius 3 is 0.310 bits per heavy atom. The van der Waals surface area contributed by atoms with Gasteiger partial charge in [-0.1, -0.05) is 279 Å². The zero-order valence-electron chi connectivity index (χ0n) is 55.2. The van der Waals surface area contributed by atoms with Gasteiger partial charge in [0.05, 0.1) is 0 Å². The van der Waals surface area contributed by atoms with Gasteiger partial charge >= 0.3 is 0 Å². The van der Waals surface area contributed by atoms with Gasteiger partial charge in [-0.25, -0.2) is 0 Å². The Kier molecular flexibility index (Phi) is 17.6. The highest BCUT2D eigenvalue weighted by molar-refractivity contribution is 5.87. The normalized spacial score (nSPS) is 11.0. The van der Waals surface area contributed by atoms with E-state index in [0.29, 0.717) is 0 Å². The van der Waals surface area contributed by atoms with Crippen LogP contribution < -0.4 is 19.6 Å². The van der Waals surface area contributed by atoms with E-state index in [0.717, 1.165) is 79.4 Å². The molecule has 0 spiro atoms. The number of para-hydroxylation sites is 1. The Labute approximate surface area is 586 Å². The van der Waals surface area contributed by atoms with Gasteiger partial charge in [0, 0.05) is 68.2 Å². The molecule has 16 aromatic rings. The standard InChI is InChI=1S/C96H70N4/c1-7-19-71(20-8-1)76-31-33-77(34-32-76)78-35-37-79(38-36-78)84-47-57-90(58-48-84)100(96-69-67-94(68-70-96)99(88-53-43-82(44-54-88)74-25-13-4-14-26-74)89-55-45-83(46-56-89)75-27-15-5-16-28-75)95-65-61-92(62-66-95)97(85-29-17-6-18-30-85)91-59-63-93(64-60-91)98(86-49-39-80(40-50-86)72-21-9-2-10-22-72)87-51-41-81(42-52-87)73-23-11-3-12-24-73/h1-70H. The van der Waals surface area contributed by atoms with Gasteiger partial charge in [-0.15, -0.1) is 0 Å². The molecule has 0 saturated carbocycles. The van der Waals surface area contributed by atoms with Gasteiger partial charge in [0.25, 0.3) is 0 Å². The highest BCUT2D eigenvalue weighted by atomic mass is 15.2. The minimum Gasteiger partial charge on any atom is -0.311 e. The second-order valence-corrected chi connectivity index (χ2v) is 24.9. The maximum absolute atomic E-state index is 2.36. The predicted octanol–water partition coefficient (Wildman–Crippen LogP) is 27.2. The summed E-state index contributed by atoms with van der Waals surface area (Å²) in [6.45, 7) is 0. The second kappa shape index (κ2) is 28.6. The number of nitrogens with zero attached hydrogens (tertiary/aromatic N) is 4. The van der Waals surface area contributed by atoms with E-state index in [4.69, 9.17) is 0 Å². The molecule has 0 bridgehead atoms. The van der Waals surface area contributed by atoms with Gasteiger partial charge in [-0.2, -0.15) is 0 Å². The average molecular weight is 1280 g/mol. The molecule has 0 aliphatic heterocycles. The van der Waals surface area contributed by atoms with Crippen LogP contribution in [-0.2, 0) is 0 Å². The molecule has 0 unspecified atom stereocenters. The summed E-state index contributed by atoms with van der Waals surface area (Å²) in [6.07, 6.45) is 0. The van der Waals surface area contributed by atoms with E-state index in [1.54, 1.807) is 0 Å². The van der Waals surface area contributed by atoms with Gasteiger partial charge < -0.3 is 19.6 Å². The molecule has 0 fully saturated rings. The molecular weight excluding hydrogens is 1210 g/mol. The number of anilines is 12. The number of hydrogen-bond donors (Lipinski definition) is 0. The van der Waals surface area contributed by atoms with Crippen molar-refractivity contribution in [3.8, 4) is 77.9 Å². The van der Waals surface area contributed by atoms with Gasteiger partial charge in [-0.3, -0.25) is 0 Å². The van der Waals surface area contributed by atoms with Crippen molar-refractivity contribution in [2.24, 2.45) is 0 Å². The van der Waals surface area contributed by atoms with Crippen LogP contribution in [0.3, 0.4) is 0 Å². The third kappa shape index (κ3) is 13.4. The molecule has 0 amide bonds. The first-order valence-corrected chi connectivity index (χ1v) is 34.1. The zero-order chi connectivity index (χ0) is 66.8. The first-order valence-electron chi connectivity index (χ1n) is 34.1. The summed E-state index contributed by atoms with van der Waals surface area (Å²) in [7, 11) is 0. The van der Waals surface area contributed by atoms with E-state index >= 15 is 0 Å². The van der Waals surface area contributed by atoms with Crippen LogP contribution in [0.4, 0.5) is 68.2 Å². The van der Waals surface area contributed by atoms with E-state index in [9.17, 15) is 0 Å². The van der Waals surface area contributed by atoms with E-state index in [-0.39, 0.29) is 0 Å². The second-order valence-electron chi connectivity index (χ2n) is 24.9. The summed E-state index contributed by atoms with van der Waals surface area (Å²) in [5.41, 5.74) is 29.1. The molecule has 4 heteroatoms. The van der Waals surface area contributed by atoms with Crippen LogP contribution in [0, 0.1) is 0 Å². The van der Waals surface area contributed by atoms with E-state index in [2.05, 4.69) is 444 Å². The monoisotopic (exact) mass is 1280 g/mol. The molecule has 474 valence electrons. The van der Waals surface area contributed by atoms with E-state index in [1.165, 1.54) is 66.8 Å². The SMILES string of the molecule is c1ccc(-c2ccc(-c3ccc(-c4ccc(N(c5ccc(N(c6ccc(-c7ccccc7)cc6)c6ccc(-c7ccccc7)cc6)cc5)c5ccc(N(c6ccccc6)c6ccc(N(c7ccc(-c8ccccc8)cc7)c7ccc(-c8ccccc8)cc7)cc6)cc5)cc4)cc3)cc2)cc1. The Morgan fingerprint density at radius 2 is 0.170 bits per heavy atom. The van der Waals surface area contributed by atoms with Crippen LogP contribution in [0.1, 0.15) is 0 Å². The maximum atomic E-state index is 2.36. The van der Waals surface area contributed by atoms with Crippen molar-refractivity contribution < 1.29 is 0 Å². The van der Waals surface area contributed by atoms with Gasteiger partial charge in [0.15, 0.2) is 0 Å². The van der Waals surface area contributed by atoms with Crippen molar-refractivity contribution in [1.82, 2.24) is 0 Å². The van der Waals surface area contributed by atoms with Crippen molar-refractivity contribution in [1.29, 1.82) is 0 Å². The average Bonchev–Trinajstić information content (AvgIpc) is 0.792. The lowest BCUT2D eigenvalue weighted by Crippen LogP contribution is -2.13. The predicted molar refractivity (Wildman–Crippen MR) is 423 cm³/mol. The van der Waals surface area contributed by atoms with Crippen LogP contribution in [0.2, 0.25) is 0 Å².